The minimum atomic E-state index is -0.595. The van der Waals surface area contributed by atoms with Crippen molar-refractivity contribution in [2.75, 3.05) is 6.54 Å². The van der Waals surface area contributed by atoms with Crippen LogP contribution in [0.4, 0.5) is 0 Å². The summed E-state index contributed by atoms with van der Waals surface area (Å²) in [5, 5.41) is 15.0. The molecule has 1 aliphatic rings. The fraction of sp³-hybridized carbons (Fsp3) is 0.625. The molecule has 0 saturated heterocycles. The highest BCUT2D eigenvalue weighted by Crippen LogP contribution is 2.34. The summed E-state index contributed by atoms with van der Waals surface area (Å²) in [6.45, 7) is 3.25. The Morgan fingerprint density at radius 3 is 2.70 bits per heavy atom. The summed E-state index contributed by atoms with van der Waals surface area (Å²) in [5.74, 6) is 0. The summed E-state index contributed by atoms with van der Waals surface area (Å²) in [6.07, 6.45) is 5.60. The van der Waals surface area contributed by atoms with Gasteiger partial charge in [-0.1, -0.05) is 40.5 Å². The van der Waals surface area contributed by atoms with Gasteiger partial charge in [0.05, 0.1) is 5.60 Å². The Morgan fingerprint density at radius 1 is 1.40 bits per heavy atom. The summed E-state index contributed by atoms with van der Waals surface area (Å²) in [4.78, 5) is 0. The molecule has 0 atom stereocenters. The third-order valence-electron chi connectivity index (χ3n) is 4.13. The summed E-state index contributed by atoms with van der Waals surface area (Å²) in [6, 6.07) is 6.45. The maximum atomic E-state index is 10.8. The van der Waals surface area contributed by atoms with Crippen molar-refractivity contribution in [3.05, 3.63) is 33.3 Å². The molecular weight excluding hydrogens is 338 g/mol. The molecule has 0 aromatic heterocycles. The van der Waals surface area contributed by atoms with Crippen LogP contribution in [-0.2, 0) is 6.42 Å². The summed E-state index contributed by atoms with van der Waals surface area (Å²) in [5.41, 5.74) is 0.444. The fourth-order valence-electron chi connectivity index (χ4n) is 2.90. The van der Waals surface area contributed by atoms with Crippen molar-refractivity contribution in [1.29, 1.82) is 0 Å². The monoisotopic (exact) mass is 359 g/mol. The molecular formula is C16H23BrClNO. The molecule has 1 saturated carbocycles. The highest BCUT2D eigenvalue weighted by atomic mass is 79.9. The van der Waals surface area contributed by atoms with Gasteiger partial charge in [-0.15, -0.1) is 0 Å². The molecule has 2 nitrogen and oxygen atoms in total. The second-order valence-electron chi connectivity index (χ2n) is 5.87. The Labute approximate surface area is 135 Å². The van der Waals surface area contributed by atoms with Crippen LogP contribution in [0.15, 0.2) is 22.7 Å². The number of halogens is 2. The van der Waals surface area contributed by atoms with E-state index >= 15 is 0 Å². The van der Waals surface area contributed by atoms with Gasteiger partial charge in [0.25, 0.3) is 0 Å². The van der Waals surface area contributed by atoms with Crippen LogP contribution in [0, 0.1) is 0 Å². The van der Waals surface area contributed by atoms with Crippen molar-refractivity contribution >= 4 is 27.5 Å². The average molecular weight is 361 g/mol. The highest BCUT2D eigenvalue weighted by Gasteiger charge is 2.33. The second kappa shape index (κ2) is 7.26. The van der Waals surface area contributed by atoms with E-state index in [4.69, 9.17) is 11.6 Å². The van der Waals surface area contributed by atoms with Crippen molar-refractivity contribution in [3.63, 3.8) is 0 Å². The Morgan fingerprint density at radius 2 is 2.10 bits per heavy atom. The maximum absolute atomic E-state index is 10.8. The predicted molar refractivity (Wildman–Crippen MR) is 88.4 cm³/mol. The summed E-state index contributed by atoms with van der Waals surface area (Å²) >= 11 is 9.67. The van der Waals surface area contributed by atoms with Crippen LogP contribution < -0.4 is 5.32 Å². The molecule has 0 unspecified atom stereocenters. The molecule has 1 aromatic rings. The largest absolute Gasteiger partial charge is 0.390 e. The van der Waals surface area contributed by atoms with E-state index in [1.807, 2.05) is 18.2 Å². The van der Waals surface area contributed by atoms with E-state index in [0.717, 1.165) is 53.7 Å². The van der Waals surface area contributed by atoms with Gasteiger partial charge in [-0.05, 0) is 56.3 Å². The van der Waals surface area contributed by atoms with Gasteiger partial charge in [0.2, 0.25) is 0 Å². The summed E-state index contributed by atoms with van der Waals surface area (Å²) in [7, 11) is 0. The van der Waals surface area contributed by atoms with Crippen LogP contribution in [0.1, 0.15) is 44.6 Å². The van der Waals surface area contributed by atoms with Gasteiger partial charge < -0.3 is 10.4 Å². The molecule has 1 aromatic carbocycles. The lowest BCUT2D eigenvalue weighted by atomic mass is 9.78. The molecule has 2 rings (SSSR count). The topological polar surface area (TPSA) is 32.3 Å². The van der Waals surface area contributed by atoms with E-state index in [2.05, 4.69) is 28.2 Å². The first-order chi connectivity index (χ1) is 9.52. The average Bonchev–Trinajstić information content (AvgIpc) is 2.42. The maximum Gasteiger partial charge on any atom is 0.0689 e. The number of aliphatic hydroxyl groups is 1. The zero-order valence-electron chi connectivity index (χ0n) is 12.0. The first-order valence-electron chi connectivity index (χ1n) is 7.42. The Bertz CT molecular complexity index is 444. The summed E-state index contributed by atoms with van der Waals surface area (Å²) < 4.78 is 0.978. The molecule has 2 N–H and O–H groups in total. The van der Waals surface area contributed by atoms with Crippen LogP contribution in [-0.4, -0.2) is 23.3 Å². The number of rotatable bonds is 5. The lowest BCUT2D eigenvalue weighted by molar-refractivity contribution is -0.00305. The normalized spacial score (nSPS) is 26.7. The van der Waals surface area contributed by atoms with Gasteiger partial charge in [0.1, 0.15) is 0 Å². The number of hydrogen-bond acceptors (Lipinski definition) is 2. The van der Waals surface area contributed by atoms with E-state index in [-0.39, 0.29) is 0 Å². The van der Waals surface area contributed by atoms with Gasteiger partial charge >= 0.3 is 0 Å². The van der Waals surface area contributed by atoms with E-state index < -0.39 is 5.60 Å². The molecule has 1 aliphatic carbocycles. The lowest BCUT2D eigenvalue weighted by Gasteiger charge is -2.36. The molecule has 20 heavy (non-hydrogen) atoms. The predicted octanol–water partition coefficient (Wildman–Crippen LogP) is 4.32. The lowest BCUT2D eigenvalue weighted by Crippen LogP contribution is -2.42. The van der Waals surface area contributed by atoms with E-state index in [0.29, 0.717) is 12.5 Å². The molecule has 0 bridgehead atoms. The van der Waals surface area contributed by atoms with E-state index in [1.54, 1.807) is 0 Å². The van der Waals surface area contributed by atoms with Crippen molar-refractivity contribution < 1.29 is 5.11 Å². The van der Waals surface area contributed by atoms with Crippen molar-refractivity contribution in [2.24, 2.45) is 0 Å². The number of hydrogen-bond donors (Lipinski definition) is 2. The molecule has 0 radical (unpaired) electrons. The quantitative estimate of drug-likeness (QED) is 0.819. The van der Waals surface area contributed by atoms with E-state index in [1.165, 1.54) is 0 Å². The van der Waals surface area contributed by atoms with Gasteiger partial charge in [-0.2, -0.15) is 0 Å². The van der Waals surface area contributed by atoms with Gasteiger partial charge in [0.15, 0.2) is 0 Å². The van der Waals surface area contributed by atoms with Crippen molar-refractivity contribution in [1.82, 2.24) is 5.32 Å². The minimum absolute atomic E-state index is 0.565. The zero-order valence-corrected chi connectivity index (χ0v) is 14.3. The highest BCUT2D eigenvalue weighted by molar-refractivity contribution is 9.10. The van der Waals surface area contributed by atoms with Crippen LogP contribution in [0.2, 0.25) is 5.02 Å². The molecule has 112 valence electrons. The van der Waals surface area contributed by atoms with Crippen LogP contribution >= 0.6 is 27.5 Å². The second-order valence-corrected chi connectivity index (χ2v) is 7.19. The van der Waals surface area contributed by atoms with Gasteiger partial charge in [0, 0.05) is 22.0 Å². The van der Waals surface area contributed by atoms with Crippen molar-refractivity contribution in [3.8, 4) is 0 Å². The Kier molecular flexibility index (Phi) is 5.91. The van der Waals surface area contributed by atoms with Crippen LogP contribution in [0.25, 0.3) is 0 Å². The van der Waals surface area contributed by atoms with Gasteiger partial charge in [-0.25, -0.2) is 0 Å². The first kappa shape index (κ1) is 16.3. The molecule has 0 amide bonds. The zero-order chi connectivity index (χ0) is 14.6. The minimum Gasteiger partial charge on any atom is -0.390 e. The smallest absolute Gasteiger partial charge is 0.0689 e. The van der Waals surface area contributed by atoms with E-state index in [9.17, 15) is 5.11 Å². The molecule has 0 aliphatic heterocycles. The molecule has 0 heterocycles. The standard InChI is InChI=1S/C16H23BrClNO/c1-2-9-19-14-5-7-16(20,8-6-14)11-12-3-4-13(17)10-15(12)18/h3-4,10,14,19-20H,2,5-9,11H2,1H3. The van der Waals surface area contributed by atoms with Gasteiger partial charge in [-0.3, -0.25) is 0 Å². The van der Waals surface area contributed by atoms with Crippen LogP contribution in [0.3, 0.4) is 0 Å². The van der Waals surface area contributed by atoms with Crippen molar-refractivity contribution in [2.45, 2.75) is 57.1 Å². The molecule has 1 fully saturated rings. The third-order valence-corrected chi connectivity index (χ3v) is 4.98. The number of nitrogens with one attached hydrogen (secondary N) is 1. The Balaban J connectivity index is 1.93. The fourth-order valence-corrected chi connectivity index (χ4v) is 3.64. The Hall–Kier alpha value is -0.0900. The number of benzene rings is 1. The van der Waals surface area contributed by atoms with Crippen LogP contribution in [0.5, 0.6) is 0 Å². The molecule has 4 heteroatoms. The third kappa shape index (κ3) is 4.45. The molecule has 0 spiro atoms. The SMILES string of the molecule is CCCNC1CCC(O)(Cc2ccc(Br)cc2Cl)CC1. The first-order valence-corrected chi connectivity index (χ1v) is 8.59.